The quantitative estimate of drug-likeness (QED) is 0.779. The highest BCUT2D eigenvalue weighted by Gasteiger charge is 2.34. The second kappa shape index (κ2) is 7.42. The van der Waals surface area contributed by atoms with Gasteiger partial charge < -0.3 is 15.2 Å². The first-order valence-corrected chi connectivity index (χ1v) is 7.53. The van der Waals surface area contributed by atoms with E-state index in [2.05, 4.69) is 5.32 Å². The van der Waals surface area contributed by atoms with E-state index >= 15 is 0 Å². The predicted octanol–water partition coefficient (Wildman–Crippen LogP) is 1.52. The van der Waals surface area contributed by atoms with Crippen molar-refractivity contribution in [1.29, 1.82) is 0 Å². The van der Waals surface area contributed by atoms with Crippen molar-refractivity contribution in [3.05, 3.63) is 30.1 Å². The molecule has 0 aliphatic carbocycles. The fourth-order valence-corrected chi connectivity index (χ4v) is 2.86. The predicted molar refractivity (Wildman–Crippen MR) is 75.6 cm³/mol. The molecule has 1 aliphatic heterocycles. The first kappa shape index (κ1) is 15.8. The first-order valence-electron chi connectivity index (χ1n) is 6.54. The molecule has 2 unspecified atom stereocenters. The first-order chi connectivity index (χ1) is 10.1. The SMILES string of the molecule is O=C(CCSc1ccc(F)cc1)NC1COCC1C(=O)O. The van der Waals surface area contributed by atoms with Crippen LogP contribution >= 0.6 is 11.8 Å². The van der Waals surface area contributed by atoms with Gasteiger partial charge in [0.15, 0.2) is 0 Å². The van der Waals surface area contributed by atoms with Gasteiger partial charge in [-0.1, -0.05) is 0 Å². The molecule has 2 atom stereocenters. The van der Waals surface area contributed by atoms with Crippen LogP contribution in [0.3, 0.4) is 0 Å². The van der Waals surface area contributed by atoms with Gasteiger partial charge in [-0.05, 0) is 24.3 Å². The normalized spacial score (nSPS) is 21.2. The molecule has 114 valence electrons. The highest BCUT2D eigenvalue weighted by Crippen LogP contribution is 2.19. The average molecular weight is 313 g/mol. The highest BCUT2D eigenvalue weighted by atomic mass is 32.2. The lowest BCUT2D eigenvalue weighted by atomic mass is 10.0. The summed E-state index contributed by atoms with van der Waals surface area (Å²) in [4.78, 5) is 23.6. The van der Waals surface area contributed by atoms with Gasteiger partial charge >= 0.3 is 5.97 Å². The van der Waals surface area contributed by atoms with E-state index in [4.69, 9.17) is 9.84 Å². The van der Waals surface area contributed by atoms with E-state index in [1.165, 1.54) is 23.9 Å². The van der Waals surface area contributed by atoms with Gasteiger partial charge in [-0.15, -0.1) is 11.8 Å². The lowest BCUT2D eigenvalue weighted by molar-refractivity contribution is -0.142. The van der Waals surface area contributed by atoms with Crippen LogP contribution in [-0.2, 0) is 14.3 Å². The third kappa shape index (κ3) is 4.71. The highest BCUT2D eigenvalue weighted by molar-refractivity contribution is 7.99. The molecule has 1 aliphatic rings. The van der Waals surface area contributed by atoms with Gasteiger partial charge in [0.05, 0.1) is 19.3 Å². The zero-order chi connectivity index (χ0) is 15.2. The number of aliphatic carboxylic acids is 1. The molecule has 2 rings (SSSR count). The summed E-state index contributed by atoms with van der Waals surface area (Å²) in [5, 5.41) is 11.7. The van der Waals surface area contributed by atoms with Gasteiger partial charge in [0, 0.05) is 17.1 Å². The van der Waals surface area contributed by atoms with E-state index in [0.29, 0.717) is 5.75 Å². The number of rotatable bonds is 6. The van der Waals surface area contributed by atoms with Gasteiger partial charge in [0.25, 0.3) is 0 Å². The summed E-state index contributed by atoms with van der Waals surface area (Å²) in [6.07, 6.45) is 0.269. The Labute approximate surface area is 125 Å². The molecule has 2 N–H and O–H groups in total. The number of carbonyl (C=O) groups is 2. The monoisotopic (exact) mass is 313 g/mol. The molecule has 0 aromatic heterocycles. The minimum atomic E-state index is -0.960. The number of hydrogen-bond acceptors (Lipinski definition) is 4. The molecular formula is C14H16FNO4S. The van der Waals surface area contributed by atoms with E-state index in [9.17, 15) is 14.0 Å². The van der Waals surface area contributed by atoms with Crippen molar-refractivity contribution in [2.75, 3.05) is 19.0 Å². The maximum absolute atomic E-state index is 12.7. The molecule has 21 heavy (non-hydrogen) atoms. The topological polar surface area (TPSA) is 75.6 Å². The Kier molecular flexibility index (Phi) is 5.58. The number of nitrogens with one attached hydrogen (secondary N) is 1. The van der Waals surface area contributed by atoms with Crippen LogP contribution < -0.4 is 5.32 Å². The van der Waals surface area contributed by atoms with Crippen molar-refractivity contribution in [2.24, 2.45) is 5.92 Å². The van der Waals surface area contributed by atoms with Crippen LogP contribution in [0.2, 0.25) is 0 Å². The molecule has 1 heterocycles. The number of ether oxygens (including phenoxy) is 1. The Bertz CT molecular complexity index is 508. The number of amides is 1. The van der Waals surface area contributed by atoms with Crippen molar-refractivity contribution in [2.45, 2.75) is 17.4 Å². The van der Waals surface area contributed by atoms with Gasteiger partial charge in [-0.25, -0.2) is 4.39 Å². The summed E-state index contributed by atoms with van der Waals surface area (Å²) in [7, 11) is 0. The van der Waals surface area contributed by atoms with Crippen molar-refractivity contribution in [3.8, 4) is 0 Å². The molecule has 0 bridgehead atoms. The zero-order valence-corrected chi connectivity index (χ0v) is 12.1. The van der Waals surface area contributed by atoms with Crippen LogP contribution in [0, 0.1) is 11.7 Å². The summed E-state index contributed by atoms with van der Waals surface area (Å²) in [5.74, 6) is -1.59. The molecule has 1 fully saturated rings. The Morgan fingerprint density at radius 2 is 2.05 bits per heavy atom. The smallest absolute Gasteiger partial charge is 0.311 e. The average Bonchev–Trinajstić information content (AvgIpc) is 2.89. The number of carboxylic acids is 1. The van der Waals surface area contributed by atoms with Crippen LogP contribution in [0.25, 0.3) is 0 Å². The minimum Gasteiger partial charge on any atom is -0.481 e. The van der Waals surface area contributed by atoms with E-state index in [1.807, 2.05) is 0 Å². The van der Waals surface area contributed by atoms with Gasteiger partial charge in [0.2, 0.25) is 5.91 Å². The fourth-order valence-electron chi connectivity index (χ4n) is 2.01. The van der Waals surface area contributed by atoms with Crippen LogP contribution in [0.5, 0.6) is 0 Å². The van der Waals surface area contributed by atoms with E-state index in [0.717, 1.165) is 4.90 Å². The molecule has 7 heteroatoms. The number of carbonyl (C=O) groups excluding carboxylic acids is 1. The van der Waals surface area contributed by atoms with Crippen LogP contribution in [0.1, 0.15) is 6.42 Å². The second-order valence-corrected chi connectivity index (χ2v) is 5.88. The maximum Gasteiger partial charge on any atom is 0.311 e. The third-order valence-electron chi connectivity index (χ3n) is 3.16. The van der Waals surface area contributed by atoms with Gasteiger partial charge in [0.1, 0.15) is 11.7 Å². The lowest BCUT2D eigenvalue weighted by Gasteiger charge is -2.15. The lowest BCUT2D eigenvalue weighted by Crippen LogP contribution is -2.42. The summed E-state index contributed by atoms with van der Waals surface area (Å²) in [6, 6.07) is 5.59. The molecule has 1 saturated heterocycles. The number of thioether (sulfide) groups is 1. The number of benzene rings is 1. The third-order valence-corrected chi connectivity index (χ3v) is 4.17. The molecule has 1 amide bonds. The summed E-state index contributed by atoms with van der Waals surface area (Å²) >= 11 is 1.45. The Morgan fingerprint density at radius 3 is 2.71 bits per heavy atom. The van der Waals surface area contributed by atoms with Crippen LogP contribution in [-0.4, -0.2) is 42.0 Å². The standard InChI is InChI=1S/C14H16FNO4S/c15-9-1-3-10(4-2-9)21-6-5-13(17)16-12-8-20-7-11(12)14(18)19/h1-4,11-12H,5-8H2,(H,16,17)(H,18,19). The van der Waals surface area contributed by atoms with Gasteiger partial charge in [-0.2, -0.15) is 0 Å². The van der Waals surface area contributed by atoms with Crippen molar-refractivity contribution < 1.29 is 23.8 Å². The molecular weight excluding hydrogens is 297 g/mol. The van der Waals surface area contributed by atoms with E-state index < -0.39 is 17.9 Å². The summed E-state index contributed by atoms with van der Waals surface area (Å²) < 4.78 is 17.8. The molecule has 0 saturated carbocycles. The molecule has 0 radical (unpaired) electrons. The van der Waals surface area contributed by atoms with Crippen molar-refractivity contribution in [1.82, 2.24) is 5.32 Å². The zero-order valence-electron chi connectivity index (χ0n) is 11.3. The molecule has 1 aromatic carbocycles. The molecule has 0 spiro atoms. The van der Waals surface area contributed by atoms with Crippen molar-refractivity contribution >= 4 is 23.6 Å². The van der Waals surface area contributed by atoms with Gasteiger partial charge in [-0.3, -0.25) is 9.59 Å². The second-order valence-electron chi connectivity index (χ2n) is 4.71. The fraction of sp³-hybridized carbons (Fsp3) is 0.429. The largest absolute Gasteiger partial charge is 0.481 e. The summed E-state index contributed by atoms with van der Waals surface area (Å²) in [6.45, 7) is 0.360. The Morgan fingerprint density at radius 1 is 1.33 bits per heavy atom. The maximum atomic E-state index is 12.7. The Hall–Kier alpha value is -1.60. The summed E-state index contributed by atoms with van der Waals surface area (Å²) in [5.41, 5.74) is 0. The van der Waals surface area contributed by atoms with E-state index in [1.54, 1.807) is 12.1 Å². The van der Waals surface area contributed by atoms with Crippen molar-refractivity contribution in [3.63, 3.8) is 0 Å². The van der Waals surface area contributed by atoms with Crippen LogP contribution in [0.4, 0.5) is 4.39 Å². The van der Waals surface area contributed by atoms with Crippen LogP contribution in [0.15, 0.2) is 29.2 Å². The number of hydrogen-bond donors (Lipinski definition) is 2. The molecule has 5 nitrogen and oxygen atoms in total. The number of halogens is 1. The molecule has 1 aromatic rings. The minimum absolute atomic E-state index is 0.130. The Balaban J connectivity index is 1.72. The number of carboxylic acid groups (broad SMARTS) is 1. The van der Waals surface area contributed by atoms with E-state index in [-0.39, 0.29) is 31.4 Å².